The number of hydrogen-bond donors (Lipinski definition) is 0. The molecule has 35 heavy (non-hydrogen) atoms. The number of nitrogens with zero attached hydrogens (tertiary/aromatic N) is 4. The lowest BCUT2D eigenvalue weighted by Gasteiger charge is -2.34. The number of piperazine rings is 1. The molecule has 1 aliphatic heterocycles. The summed E-state index contributed by atoms with van der Waals surface area (Å²) >= 11 is 1.64. The summed E-state index contributed by atoms with van der Waals surface area (Å²) in [6, 6.07) is 22.6. The van der Waals surface area contributed by atoms with E-state index in [9.17, 15) is 4.79 Å². The Morgan fingerprint density at radius 3 is 2.49 bits per heavy atom. The fourth-order valence-electron chi connectivity index (χ4n) is 4.50. The summed E-state index contributed by atoms with van der Waals surface area (Å²) in [5.41, 5.74) is 5.93. The standard InChI is InChI=1S/C29H30N4OS/c1-22-12-13-26(23(2)20-22)33-27(21-25(30-33)28-11-7-19-35-28)29(34)32-17-15-31(16-18-32)14-6-10-24-8-4-3-5-9-24/h3-13,19-21H,14-18H2,1-2H3/b10-6+. The second-order valence-electron chi connectivity index (χ2n) is 9.00. The van der Waals surface area contributed by atoms with Crippen LogP contribution < -0.4 is 0 Å². The van der Waals surface area contributed by atoms with Gasteiger partial charge in [-0.25, -0.2) is 4.68 Å². The SMILES string of the molecule is Cc1ccc(-n2nc(-c3cccs3)cc2C(=O)N2CCN(C/C=C/c3ccccc3)CC2)c(C)c1. The number of aromatic nitrogens is 2. The minimum absolute atomic E-state index is 0.0414. The second kappa shape index (κ2) is 10.4. The van der Waals surface area contributed by atoms with Crippen LogP contribution in [0.2, 0.25) is 0 Å². The summed E-state index contributed by atoms with van der Waals surface area (Å²) in [6.45, 7) is 8.19. The van der Waals surface area contributed by atoms with Gasteiger partial charge < -0.3 is 4.90 Å². The zero-order valence-corrected chi connectivity index (χ0v) is 21.0. The van der Waals surface area contributed by atoms with E-state index in [1.807, 2.05) is 33.2 Å². The van der Waals surface area contributed by atoms with Crippen molar-refractivity contribution in [3.63, 3.8) is 0 Å². The van der Waals surface area contributed by atoms with Crippen molar-refractivity contribution in [1.29, 1.82) is 0 Å². The molecule has 0 aliphatic carbocycles. The van der Waals surface area contributed by atoms with E-state index in [1.54, 1.807) is 11.3 Å². The third kappa shape index (κ3) is 5.29. The van der Waals surface area contributed by atoms with Gasteiger partial charge in [0.25, 0.3) is 5.91 Å². The predicted octanol–water partition coefficient (Wildman–Crippen LogP) is 5.69. The molecule has 6 heteroatoms. The Balaban J connectivity index is 1.32. The molecule has 1 fully saturated rings. The Morgan fingerprint density at radius 1 is 0.971 bits per heavy atom. The van der Waals surface area contributed by atoms with Crippen LogP contribution in [-0.4, -0.2) is 58.2 Å². The fraction of sp³-hybridized carbons (Fsp3) is 0.241. The average molecular weight is 483 g/mol. The lowest BCUT2D eigenvalue weighted by atomic mass is 10.1. The van der Waals surface area contributed by atoms with E-state index in [0.29, 0.717) is 18.8 Å². The molecule has 1 amide bonds. The zero-order chi connectivity index (χ0) is 24.2. The topological polar surface area (TPSA) is 41.4 Å². The molecule has 0 unspecified atom stereocenters. The van der Waals surface area contributed by atoms with Gasteiger partial charge in [-0.1, -0.05) is 66.2 Å². The van der Waals surface area contributed by atoms with Crippen LogP contribution in [0, 0.1) is 13.8 Å². The monoisotopic (exact) mass is 482 g/mol. The van der Waals surface area contributed by atoms with Crippen molar-refractivity contribution in [3.8, 4) is 16.3 Å². The van der Waals surface area contributed by atoms with Crippen molar-refractivity contribution in [1.82, 2.24) is 19.6 Å². The molecule has 2 aromatic heterocycles. The smallest absolute Gasteiger partial charge is 0.272 e. The summed E-state index contributed by atoms with van der Waals surface area (Å²) < 4.78 is 1.83. The molecule has 0 atom stereocenters. The van der Waals surface area contributed by atoms with E-state index in [2.05, 4.69) is 79.4 Å². The Hall–Kier alpha value is -3.48. The first-order valence-corrected chi connectivity index (χ1v) is 12.9. The average Bonchev–Trinajstić information content (AvgIpc) is 3.55. The third-order valence-corrected chi connectivity index (χ3v) is 7.31. The van der Waals surface area contributed by atoms with Crippen molar-refractivity contribution in [2.75, 3.05) is 32.7 Å². The Morgan fingerprint density at radius 2 is 1.77 bits per heavy atom. The molecule has 2 aromatic carbocycles. The molecular formula is C29H30N4OS. The quantitative estimate of drug-likeness (QED) is 0.355. The first-order valence-electron chi connectivity index (χ1n) is 12.0. The van der Waals surface area contributed by atoms with Gasteiger partial charge in [0.05, 0.1) is 10.6 Å². The van der Waals surface area contributed by atoms with Crippen molar-refractivity contribution >= 4 is 23.3 Å². The number of carbonyl (C=O) groups is 1. The molecule has 3 heterocycles. The minimum Gasteiger partial charge on any atom is -0.335 e. The van der Waals surface area contributed by atoms with Crippen LogP contribution in [0.15, 0.2) is 78.2 Å². The molecule has 5 rings (SSSR count). The molecule has 0 N–H and O–H groups in total. The summed E-state index contributed by atoms with van der Waals surface area (Å²) in [5, 5.41) is 6.91. The van der Waals surface area contributed by atoms with Crippen LogP contribution in [0.1, 0.15) is 27.2 Å². The molecular weight excluding hydrogens is 452 g/mol. The minimum atomic E-state index is 0.0414. The Bertz CT molecular complexity index is 1320. The Labute approximate surface area is 210 Å². The number of thiophene rings is 1. The summed E-state index contributed by atoms with van der Waals surface area (Å²) in [6.07, 6.45) is 4.36. The van der Waals surface area contributed by atoms with Crippen LogP contribution in [0.4, 0.5) is 0 Å². The molecule has 4 aromatic rings. The normalized spacial score (nSPS) is 14.6. The maximum absolute atomic E-state index is 13.7. The fourth-order valence-corrected chi connectivity index (χ4v) is 5.18. The van der Waals surface area contributed by atoms with Crippen LogP contribution in [0.3, 0.4) is 0 Å². The number of carbonyl (C=O) groups excluding carboxylic acids is 1. The molecule has 0 radical (unpaired) electrons. The molecule has 0 saturated carbocycles. The van der Waals surface area contributed by atoms with Crippen LogP contribution in [-0.2, 0) is 0 Å². The van der Waals surface area contributed by atoms with Gasteiger partial charge in [0.1, 0.15) is 11.4 Å². The van der Waals surface area contributed by atoms with E-state index in [1.165, 1.54) is 11.1 Å². The van der Waals surface area contributed by atoms with E-state index in [4.69, 9.17) is 5.10 Å². The van der Waals surface area contributed by atoms with Crippen LogP contribution in [0.25, 0.3) is 22.3 Å². The van der Waals surface area contributed by atoms with Gasteiger partial charge in [0.2, 0.25) is 0 Å². The lowest BCUT2D eigenvalue weighted by Crippen LogP contribution is -2.49. The van der Waals surface area contributed by atoms with E-state index in [-0.39, 0.29) is 5.91 Å². The molecule has 0 spiro atoms. The van der Waals surface area contributed by atoms with Crippen molar-refractivity contribution < 1.29 is 4.79 Å². The lowest BCUT2D eigenvalue weighted by molar-refractivity contribution is 0.0641. The highest BCUT2D eigenvalue weighted by Crippen LogP contribution is 2.28. The highest BCUT2D eigenvalue weighted by atomic mass is 32.1. The van der Waals surface area contributed by atoms with E-state index in [0.717, 1.165) is 41.5 Å². The van der Waals surface area contributed by atoms with Gasteiger partial charge in [-0.05, 0) is 48.6 Å². The second-order valence-corrected chi connectivity index (χ2v) is 9.95. The first-order chi connectivity index (χ1) is 17.1. The third-order valence-electron chi connectivity index (χ3n) is 6.42. The van der Waals surface area contributed by atoms with E-state index < -0.39 is 0 Å². The van der Waals surface area contributed by atoms with Gasteiger partial charge in [-0.2, -0.15) is 5.10 Å². The zero-order valence-electron chi connectivity index (χ0n) is 20.2. The highest BCUT2D eigenvalue weighted by molar-refractivity contribution is 7.13. The molecule has 178 valence electrons. The van der Waals surface area contributed by atoms with Crippen LogP contribution in [0.5, 0.6) is 0 Å². The summed E-state index contributed by atoms with van der Waals surface area (Å²) in [7, 11) is 0. The van der Waals surface area contributed by atoms with Crippen molar-refractivity contribution in [2.24, 2.45) is 0 Å². The van der Waals surface area contributed by atoms with Crippen molar-refractivity contribution in [3.05, 3.63) is 101 Å². The highest BCUT2D eigenvalue weighted by Gasteiger charge is 2.26. The number of hydrogen-bond acceptors (Lipinski definition) is 4. The molecule has 1 aliphatic rings. The number of rotatable bonds is 6. The number of aryl methyl sites for hydroxylation is 2. The maximum atomic E-state index is 13.7. The molecule has 1 saturated heterocycles. The Kier molecular flexibility index (Phi) is 6.93. The van der Waals surface area contributed by atoms with Gasteiger partial charge in [0.15, 0.2) is 0 Å². The predicted molar refractivity (Wildman–Crippen MR) is 144 cm³/mol. The molecule has 0 bridgehead atoms. The maximum Gasteiger partial charge on any atom is 0.272 e. The summed E-state index contributed by atoms with van der Waals surface area (Å²) in [4.78, 5) is 19.1. The van der Waals surface area contributed by atoms with Gasteiger partial charge >= 0.3 is 0 Å². The van der Waals surface area contributed by atoms with Gasteiger partial charge in [-0.3, -0.25) is 9.69 Å². The summed E-state index contributed by atoms with van der Waals surface area (Å²) in [5.74, 6) is 0.0414. The van der Waals surface area contributed by atoms with Crippen molar-refractivity contribution in [2.45, 2.75) is 13.8 Å². The van der Waals surface area contributed by atoms with Gasteiger partial charge in [0, 0.05) is 32.7 Å². The first kappa shape index (κ1) is 23.3. The van der Waals surface area contributed by atoms with Crippen LogP contribution >= 0.6 is 11.3 Å². The van der Waals surface area contributed by atoms with E-state index >= 15 is 0 Å². The number of benzene rings is 2. The largest absolute Gasteiger partial charge is 0.335 e. The number of amides is 1. The molecule has 5 nitrogen and oxygen atoms in total. The van der Waals surface area contributed by atoms with Gasteiger partial charge in [-0.15, -0.1) is 11.3 Å².